The van der Waals surface area contributed by atoms with Crippen LogP contribution >= 0.6 is 0 Å². The maximum Gasteiger partial charge on any atom is 0.323 e. The van der Waals surface area contributed by atoms with Crippen LogP contribution in [0.25, 0.3) is 0 Å². The molecule has 0 spiro atoms. The van der Waals surface area contributed by atoms with Gasteiger partial charge in [0.2, 0.25) is 0 Å². The van der Waals surface area contributed by atoms with Crippen molar-refractivity contribution in [3.8, 4) is 0 Å². The summed E-state index contributed by atoms with van der Waals surface area (Å²) in [5.74, 6) is -0.852. The fourth-order valence-electron chi connectivity index (χ4n) is 2.74. The molecular formula is C13H27N3O2. The molecule has 0 aromatic rings. The number of carbonyl (C=O) groups is 1. The van der Waals surface area contributed by atoms with E-state index in [1.807, 2.05) is 0 Å². The molecule has 1 saturated carbocycles. The summed E-state index contributed by atoms with van der Waals surface area (Å²) in [4.78, 5) is 15.7. The van der Waals surface area contributed by atoms with E-state index in [4.69, 9.17) is 10.8 Å². The van der Waals surface area contributed by atoms with Crippen molar-refractivity contribution < 1.29 is 9.90 Å². The van der Waals surface area contributed by atoms with E-state index in [0.29, 0.717) is 18.9 Å². The van der Waals surface area contributed by atoms with Gasteiger partial charge in [-0.2, -0.15) is 0 Å². The topological polar surface area (TPSA) is 69.8 Å². The summed E-state index contributed by atoms with van der Waals surface area (Å²) in [5.41, 5.74) is 4.93. The minimum Gasteiger partial charge on any atom is -0.480 e. The summed E-state index contributed by atoms with van der Waals surface area (Å²) in [7, 11) is 4.14. The molecule has 1 aliphatic rings. The average molecular weight is 257 g/mol. The Morgan fingerprint density at radius 1 is 1.44 bits per heavy atom. The molecule has 0 radical (unpaired) electrons. The van der Waals surface area contributed by atoms with Crippen LogP contribution in [0.2, 0.25) is 0 Å². The normalized spacial score (nSPS) is 28.2. The Labute approximate surface area is 110 Å². The minimum atomic E-state index is -1.00. The van der Waals surface area contributed by atoms with Gasteiger partial charge >= 0.3 is 5.97 Å². The third kappa shape index (κ3) is 3.93. The summed E-state index contributed by atoms with van der Waals surface area (Å²) in [6.45, 7) is 5.19. The molecule has 1 aliphatic carbocycles. The molecule has 5 heteroatoms. The van der Waals surface area contributed by atoms with E-state index in [2.05, 4.69) is 30.8 Å². The van der Waals surface area contributed by atoms with E-state index in [9.17, 15) is 4.79 Å². The largest absolute Gasteiger partial charge is 0.480 e. The molecule has 0 amide bonds. The van der Waals surface area contributed by atoms with Crippen LogP contribution in [-0.2, 0) is 4.79 Å². The van der Waals surface area contributed by atoms with Gasteiger partial charge in [0.15, 0.2) is 0 Å². The van der Waals surface area contributed by atoms with Crippen LogP contribution in [0.3, 0.4) is 0 Å². The highest BCUT2D eigenvalue weighted by atomic mass is 16.4. The Balaban J connectivity index is 2.45. The van der Waals surface area contributed by atoms with Crippen LogP contribution in [0, 0.1) is 0 Å². The van der Waals surface area contributed by atoms with Crippen LogP contribution in [0.5, 0.6) is 0 Å². The first kappa shape index (κ1) is 15.4. The molecule has 1 rings (SSSR count). The monoisotopic (exact) mass is 257 g/mol. The van der Waals surface area contributed by atoms with Crippen molar-refractivity contribution in [2.24, 2.45) is 5.73 Å². The van der Waals surface area contributed by atoms with Crippen LogP contribution in [0.15, 0.2) is 0 Å². The highest BCUT2D eigenvalue weighted by molar-refractivity contribution is 5.79. The average Bonchev–Trinajstić information content (AvgIpc) is 2.68. The van der Waals surface area contributed by atoms with E-state index in [1.54, 1.807) is 0 Å². The van der Waals surface area contributed by atoms with Gasteiger partial charge in [0, 0.05) is 6.04 Å². The fourth-order valence-corrected chi connectivity index (χ4v) is 2.74. The molecule has 0 aromatic carbocycles. The second-order valence-corrected chi connectivity index (χ2v) is 5.64. The third-order valence-electron chi connectivity index (χ3n) is 3.92. The number of rotatable bonds is 7. The first-order valence-electron chi connectivity index (χ1n) is 6.80. The molecule has 0 bridgehead atoms. The molecule has 106 valence electrons. The van der Waals surface area contributed by atoms with Gasteiger partial charge in [-0.05, 0) is 59.4 Å². The highest BCUT2D eigenvalue weighted by Gasteiger charge is 2.43. The molecule has 5 nitrogen and oxygen atoms in total. The summed E-state index contributed by atoms with van der Waals surface area (Å²) in [5, 5.41) is 9.14. The predicted molar refractivity (Wildman–Crippen MR) is 72.6 cm³/mol. The van der Waals surface area contributed by atoms with Crippen LogP contribution in [-0.4, -0.2) is 66.2 Å². The van der Waals surface area contributed by atoms with Crippen molar-refractivity contribution in [3.63, 3.8) is 0 Å². The van der Waals surface area contributed by atoms with Crippen molar-refractivity contribution in [1.29, 1.82) is 0 Å². The first-order chi connectivity index (χ1) is 8.39. The van der Waals surface area contributed by atoms with Crippen LogP contribution < -0.4 is 5.73 Å². The standard InChI is InChI=1S/C13H27N3O2/c1-4-16(9-5-8-15(2)3)11-6-7-13(14,10-11)12(17)18/h11H,4-10,14H2,1-3H3,(H,17,18). The zero-order valence-electron chi connectivity index (χ0n) is 11.9. The Morgan fingerprint density at radius 2 is 2.11 bits per heavy atom. The summed E-state index contributed by atoms with van der Waals surface area (Å²) in [6, 6.07) is 0.332. The Kier molecular flexibility index (Phi) is 5.56. The maximum atomic E-state index is 11.1. The van der Waals surface area contributed by atoms with Crippen molar-refractivity contribution in [2.45, 2.75) is 44.2 Å². The molecule has 0 heterocycles. The number of nitrogens with zero attached hydrogens (tertiary/aromatic N) is 2. The number of carboxylic acid groups (broad SMARTS) is 1. The molecule has 2 unspecified atom stereocenters. The molecule has 0 aliphatic heterocycles. The van der Waals surface area contributed by atoms with Crippen LogP contribution in [0.4, 0.5) is 0 Å². The number of nitrogens with two attached hydrogens (primary N) is 1. The molecule has 0 aromatic heterocycles. The molecule has 1 fully saturated rings. The minimum absolute atomic E-state index is 0.332. The Bertz CT molecular complexity index is 283. The van der Waals surface area contributed by atoms with E-state index in [1.165, 1.54) is 0 Å². The van der Waals surface area contributed by atoms with Gasteiger partial charge in [0.1, 0.15) is 5.54 Å². The van der Waals surface area contributed by atoms with Gasteiger partial charge in [-0.3, -0.25) is 4.79 Å². The fraction of sp³-hybridized carbons (Fsp3) is 0.923. The van der Waals surface area contributed by atoms with E-state index < -0.39 is 11.5 Å². The zero-order valence-corrected chi connectivity index (χ0v) is 11.9. The number of aliphatic carboxylic acids is 1. The molecule has 0 saturated heterocycles. The molecule has 3 N–H and O–H groups in total. The van der Waals surface area contributed by atoms with Gasteiger partial charge < -0.3 is 20.6 Å². The quantitative estimate of drug-likeness (QED) is 0.699. The Hall–Kier alpha value is -0.650. The number of hydrogen-bond acceptors (Lipinski definition) is 4. The summed E-state index contributed by atoms with van der Waals surface area (Å²) < 4.78 is 0. The smallest absolute Gasteiger partial charge is 0.323 e. The van der Waals surface area contributed by atoms with Crippen molar-refractivity contribution in [3.05, 3.63) is 0 Å². The lowest BCUT2D eigenvalue weighted by Gasteiger charge is -2.29. The van der Waals surface area contributed by atoms with E-state index in [0.717, 1.165) is 32.5 Å². The first-order valence-corrected chi connectivity index (χ1v) is 6.80. The van der Waals surface area contributed by atoms with Crippen molar-refractivity contribution in [1.82, 2.24) is 9.80 Å². The zero-order chi connectivity index (χ0) is 13.8. The van der Waals surface area contributed by atoms with Gasteiger partial charge in [-0.25, -0.2) is 0 Å². The summed E-state index contributed by atoms with van der Waals surface area (Å²) >= 11 is 0. The molecule has 18 heavy (non-hydrogen) atoms. The third-order valence-corrected chi connectivity index (χ3v) is 3.92. The van der Waals surface area contributed by atoms with E-state index >= 15 is 0 Å². The maximum absolute atomic E-state index is 11.1. The van der Waals surface area contributed by atoms with Crippen molar-refractivity contribution >= 4 is 5.97 Å². The van der Waals surface area contributed by atoms with Crippen molar-refractivity contribution in [2.75, 3.05) is 33.7 Å². The second-order valence-electron chi connectivity index (χ2n) is 5.64. The second kappa shape index (κ2) is 6.50. The number of hydrogen-bond donors (Lipinski definition) is 2. The lowest BCUT2D eigenvalue weighted by Crippen LogP contribution is -2.47. The SMILES string of the molecule is CCN(CCCN(C)C)C1CCC(N)(C(=O)O)C1. The number of carboxylic acids is 1. The van der Waals surface area contributed by atoms with Gasteiger partial charge in [-0.15, -0.1) is 0 Å². The lowest BCUT2D eigenvalue weighted by molar-refractivity contribution is -0.143. The Morgan fingerprint density at radius 3 is 2.56 bits per heavy atom. The van der Waals surface area contributed by atoms with Gasteiger partial charge in [0.05, 0.1) is 0 Å². The lowest BCUT2D eigenvalue weighted by atomic mass is 9.99. The summed E-state index contributed by atoms with van der Waals surface area (Å²) in [6.07, 6.45) is 3.19. The highest BCUT2D eigenvalue weighted by Crippen LogP contribution is 2.31. The van der Waals surface area contributed by atoms with Gasteiger partial charge in [0.25, 0.3) is 0 Å². The predicted octanol–water partition coefficient (Wildman–Crippen LogP) is 0.595. The molecular weight excluding hydrogens is 230 g/mol. The van der Waals surface area contributed by atoms with E-state index in [-0.39, 0.29) is 0 Å². The van der Waals surface area contributed by atoms with Crippen LogP contribution in [0.1, 0.15) is 32.6 Å². The molecule has 2 atom stereocenters. The van der Waals surface area contributed by atoms with Gasteiger partial charge in [-0.1, -0.05) is 6.92 Å².